The average molecular weight is 420 g/mol. The highest BCUT2D eigenvalue weighted by molar-refractivity contribution is 7.87. The Bertz CT molecular complexity index is 1020. The van der Waals surface area contributed by atoms with Crippen LogP contribution >= 0.6 is 0 Å². The number of carbonyl (C=O) groups is 2. The van der Waals surface area contributed by atoms with Gasteiger partial charge in [-0.2, -0.15) is 8.42 Å². The largest absolute Gasteiger partial charge is 0.493 e. The van der Waals surface area contributed by atoms with Gasteiger partial charge in [0.2, 0.25) is 0 Å². The maximum absolute atomic E-state index is 12.5. The number of ether oxygens (including phenoxy) is 3. The van der Waals surface area contributed by atoms with Crippen LogP contribution in [0.25, 0.3) is 6.08 Å². The third-order valence-electron chi connectivity index (χ3n) is 3.82. The first-order chi connectivity index (χ1) is 13.7. The predicted octanol–water partition coefficient (Wildman–Crippen LogP) is 2.50. The molecule has 2 aromatic carbocycles. The summed E-state index contributed by atoms with van der Waals surface area (Å²) in [6.07, 6.45) is 1.23. The zero-order valence-electron chi connectivity index (χ0n) is 16.3. The fourth-order valence-electron chi connectivity index (χ4n) is 2.30. The van der Waals surface area contributed by atoms with Crippen LogP contribution in [-0.4, -0.2) is 41.7 Å². The Hall–Kier alpha value is -3.33. The van der Waals surface area contributed by atoms with Crippen LogP contribution in [-0.2, 0) is 29.2 Å². The lowest BCUT2D eigenvalue weighted by Gasteiger charge is -2.12. The van der Waals surface area contributed by atoms with E-state index in [4.69, 9.17) is 8.92 Å². The number of esters is 2. The number of hydrogen-bond acceptors (Lipinski definition) is 8. The first-order valence-electron chi connectivity index (χ1n) is 8.29. The van der Waals surface area contributed by atoms with Crippen LogP contribution < -0.4 is 8.92 Å². The molecule has 0 aliphatic rings. The smallest absolute Gasteiger partial charge is 0.345 e. The standard InChI is InChI=1S/C20H20O8S/c1-13-5-8-15(9-6-13)29(23,24)28-17-10-7-14(12-18(17)25-2)11-16(19(21)26-3)20(22)27-4/h5-12H,1-4H3. The first kappa shape index (κ1) is 22.0. The number of hydrogen-bond donors (Lipinski definition) is 0. The van der Waals surface area contributed by atoms with Crippen molar-refractivity contribution in [1.29, 1.82) is 0 Å². The van der Waals surface area contributed by atoms with Crippen molar-refractivity contribution in [2.24, 2.45) is 0 Å². The molecule has 0 aliphatic heterocycles. The molecule has 9 heteroatoms. The van der Waals surface area contributed by atoms with Crippen molar-refractivity contribution >= 4 is 28.1 Å². The molecule has 0 bridgehead atoms. The van der Waals surface area contributed by atoms with Gasteiger partial charge in [-0.3, -0.25) is 0 Å². The van der Waals surface area contributed by atoms with Crippen molar-refractivity contribution in [1.82, 2.24) is 0 Å². The van der Waals surface area contributed by atoms with Crippen molar-refractivity contribution in [3.05, 3.63) is 59.2 Å². The summed E-state index contributed by atoms with van der Waals surface area (Å²) in [6, 6.07) is 10.4. The Morgan fingerprint density at radius 2 is 1.45 bits per heavy atom. The summed E-state index contributed by atoms with van der Waals surface area (Å²) < 4.78 is 44.5. The Kier molecular flexibility index (Phi) is 7.00. The average Bonchev–Trinajstić information content (AvgIpc) is 2.71. The number of aryl methyl sites for hydroxylation is 1. The molecule has 0 aromatic heterocycles. The second kappa shape index (κ2) is 9.24. The monoisotopic (exact) mass is 420 g/mol. The highest BCUT2D eigenvalue weighted by Gasteiger charge is 2.21. The summed E-state index contributed by atoms with van der Waals surface area (Å²) in [5, 5.41) is 0. The number of benzene rings is 2. The summed E-state index contributed by atoms with van der Waals surface area (Å²) in [4.78, 5) is 23.6. The molecule has 0 amide bonds. The van der Waals surface area contributed by atoms with Crippen LogP contribution in [0.5, 0.6) is 11.5 Å². The summed E-state index contributed by atoms with van der Waals surface area (Å²) in [6.45, 7) is 1.84. The Balaban J connectivity index is 2.40. The van der Waals surface area contributed by atoms with Crippen molar-refractivity contribution in [2.45, 2.75) is 11.8 Å². The Labute approximate surface area is 168 Å². The molecule has 29 heavy (non-hydrogen) atoms. The van der Waals surface area contributed by atoms with Gasteiger partial charge in [0, 0.05) is 0 Å². The van der Waals surface area contributed by atoms with E-state index < -0.39 is 22.1 Å². The van der Waals surface area contributed by atoms with Gasteiger partial charge in [0.05, 0.1) is 21.3 Å². The lowest BCUT2D eigenvalue weighted by molar-refractivity contribution is -0.143. The predicted molar refractivity (Wildman–Crippen MR) is 104 cm³/mol. The van der Waals surface area contributed by atoms with Crippen molar-refractivity contribution < 1.29 is 36.4 Å². The number of carbonyl (C=O) groups excluding carboxylic acids is 2. The lowest BCUT2D eigenvalue weighted by Crippen LogP contribution is -2.15. The topological polar surface area (TPSA) is 105 Å². The molecule has 2 aromatic rings. The molecule has 8 nitrogen and oxygen atoms in total. The lowest BCUT2D eigenvalue weighted by atomic mass is 10.1. The summed E-state index contributed by atoms with van der Waals surface area (Å²) in [5.41, 5.74) is 0.940. The van der Waals surface area contributed by atoms with Crippen LogP contribution in [0, 0.1) is 6.92 Å². The van der Waals surface area contributed by atoms with Gasteiger partial charge in [0.15, 0.2) is 11.5 Å². The Morgan fingerprint density at radius 1 is 0.862 bits per heavy atom. The second-order valence-electron chi connectivity index (χ2n) is 5.80. The van der Waals surface area contributed by atoms with E-state index in [1.54, 1.807) is 12.1 Å². The molecule has 154 valence electrons. The van der Waals surface area contributed by atoms with E-state index in [9.17, 15) is 18.0 Å². The van der Waals surface area contributed by atoms with Crippen LogP contribution in [0.3, 0.4) is 0 Å². The Morgan fingerprint density at radius 3 is 1.97 bits per heavy atom. The van der Waals surface area contributed by atoms with Crippen LogP contribution in [0.1, 0.15) is 11.1 Å². The number of methoxy groups -OCH3 is 3. The highest BCUT2D eigenvalue weighted by Crippen LogP contribution is 2.31. The molecule has 0 aliphatic carbocycles. The summed E-state index contributed by atoms with van der Waals surface area (Å²) in [5.74, 6) is -1.72. The minimum absolute atomic E-state index is 0.00667. The van der Waals surface area contributed by atoms with E-state index >= 15 is 0 Å². The maximum Gasteiger partial charge on any atom is 0.345 e. The van der Waals surface area contributed by atoms with Gasteiger partial charge in [-0.25, -0.2) is 9.59 Å². The second-order valence-corrected chi connectivity index (χ2v) is 7.35. The maximum atomic E-state index is 12.5. The van der Waals surface area contributed by atoms with Gasteiger partial charge in [0.1, 0.15) is 10.5 Å². The summed E-state index contributed by atoms with van der Waals surface area (Å²) in [7, 11) is -0.485. The molecular weight excluding hydrogens is 400 g/mol. The van der Waals surface area contributed by atoms with Gasteiger partial charge in [-0.05, 0) is 42.8 Å². The van der Waals surface area contributed by atoms with Crippen LogP contribution in [0.4, 0.5) is 0 Å². The van der Waals surface area contributed by atoms with Gasteiger partial charge >= 0.3 is 22.1 Å². The minimum atomic E-state index is -4.08. The van der Waals surface area contributed by atoms with Crippen LogP contribution in [0.2, 0.25) is 0 Å². The van der Waals surface area contributed by atoms with Crippen molar-refractivity contribution in [3.63, 3.8) is 0 Å². The van der Waals surface area contributed by atoms with E-state index in [1.165, 1.54) is 43.5 Å². The van der Waals surface area contributed by atoms with E-state index in [-0.39, 0.29) is 22.0 Å². The normalized spacial score (nSPS) is 10.6. The number of rotatable bonds is 7. The summed E-state index contributed by atoms with van der Waals surface area (Å²) >= 11 is 0. The third kappa shape index (κ3) is 5.35. The fraction of sp³-hybridized carbons (Fsp3) is 0.200. The van der Waals surface area contributed by atoms with Gasteiger partial charge in [-0.1, -0.05) is 23.8 Å². The fourth-order valence-corrected chi connectivity index (χ4v) is 3.24. The first-order valence-corrected chi connectivity index (χ1v) is 9.70. The van der Waals surface area contributed by atoms with Crippen LogP contribution in [0.15, 0.2) is 52.9 Å². The zero-order chi connectivity index (χ0) is 21.6. The molecule has 0 radical (unpaired) electrons. The molecule has 0 N–H and O–H groups in total. The van der Waals surface area contributed by atoms with E-state index in [0.29, 0.717) is 5.56 Å². The van der Waals surface area contributed by atoms with Crippen molar-refractivity contribution in [2.75, 3.05) is 21.3 Å². The molecule has 2 rings (SSSR count). The molecule has 0 saturated carbocycles. The zero-order valence-corrected chi connectivity index (χ0v) is 17.1. The molecule has 0 spiro atoms. The molecular formula is C20H20O8S. The molecule has 0 heterocycles. The molecule has 0 unspecified atom stereocenters. The van der Waals surface area contributed by atoms with E-state index in [0.717, 1.165) is 19.8 Å². The van der Waals surface area contributed by atoms with E-state index in [2.05, 4.69) is 9.47 Å². The van der Waals surface area contributed by atoms with Gasteiger partial charge in [-0.15, -0.1) is 0 Å². The van der Waals surface area contributed by atoms with Crippen molar-refractivity contribution in [3.8, 4) is 11.5 Å². The highest BCUT2D eigenvalue weighted by atomic mass is 32.2. The minimum Gasteiger partial charge on any atom is -0.493 e. The van der Waals surface area contributed by atoms with E-state index in [1.807, 2.05) is 6.92 Å². The third-order valence-corrected chi connectivity index (χ3v) is 5.07. The molecule has 0 fully saturated rings. The van der Waals surface area contributed by atoms with Gasteiger partial charge in [0.25, 0.3) is 0 Å². The van der Waals surface area contributed by atoms with Gasteiger partial charge < -0.3 is 18.4 Å². The molecule has 0 saturated heterocycles. The molecule has 0 atom stereocenters. The quantitative estimate of drug-likeness (QED) is 0.221. The SMILES string of the molecule is COC(=O)C(=Cc1ccc(OS(=O)(=O)c2ccc(C)cc2)c(OC)c1)C(=O)OC.